The van der Waals surface area contributed by atoms with Gasteiger partial charge in [0.05, 0.1) is 0 Å². The molecule has 0 aliphatic carbocycles. The van der Waals surface area contributed by atoms with Crippen molar-refractivity contribution in [3.05, 3.63) is 0 Å². The van der Waals surface area contributed by atoms with E-state index in [1.807, 2.05) is 0 Å². The van der Waals surface area contributed by atoms with Crippen molar-refractivity contribution >= 4 is 29.9 Å². The van der Waals surface area contributed by atoms with E-state index in [0.29, 0.717) is 13.3 Å². The maximum absolute atomic E-state index is 5.50. The molecule has 0 saturated heterocycles. The smallest absolute Gasteiger partial charge is 1.00 e. The van der Waals surface area contributed by atoms with Gasteiger partial charge in [-0.1, -0.05) is 0 Å². The quantitative estimate of drug-likeness (QED) is 0.314. The maximum Gasteiger partial charge on any atom is 1.00 e. The van der Waals surface area contributed by atoms with E-state index in [0.717, 1.165) is 0 Å². The van der Waals surface area contributed by atoms with Gasteiger partial charge in [0.1, 0.15) is 19.7 Å². The van der Waals surface area contributed by atoms with Gasteiger partial charge in [0.25, 0.3) is 0 Å². The van der Waals surface area contributed by atoms with Crippen LogP contribution in [0.15, 0.2) is 4.99 Å². The summed E-state index contributed by atoms with van der Waals surface area (Å²) in [6.07, 6.45) is 1.54. The third-order valence-electron chi connectivity index (χ3n) is 0.731. The molecule has 1 rings (SSSR count). The van der Waals surface area contributed by atoms with Crippen LogP contribution in [-0.2, 0) is 0 Å². The van der Waals surface area contributed by atoms with E-state index < -0.39 is 0 Å². The number of halogens is 2. The van der Waals surface area contributed by atoms with Gasteiger partial charge in [-0.2, -0.15) is 4.42 Å². The SMILES string of the molecule is ClN1C=NCN(Cl)C1.[H-].[Na+]. The fourth-order valence-electron chi connectivity index (χ4n) is 0.442. The largest absolute Gasteiger partial charge is 1.00 e. The van der Waals surface area contributed by atoms with Crippen LogP contribution in [-0.4, -0.2) is 28.5 Å². The van der Waals surface area contributed by atoms with E-state index in [4.69, 9.17) is 23.6 Å². The first-order valence-electron chi connectivity index (χ1n) is 2.12. The van der Waals surface area contributed by atoms with Gasteiger partial charge in [-0.25, -0.2) is 0 Å². The first kappa shape index (κ1) is 10.0. The Kier molecular flexibility index (Phi) is 5.30. The van der Waals surface area contributed by atoms with E-state index in [-0.39, 0.29) is 31.0 Å². The molecule has 1 aliphatic heterocycles. The van der Waals surface area contributed by atoms with Crippen molar-refractivity contribution in [2.75, 3.05) is 13.3 Å². The normalized spacial score (nSPS) is 19.6. The Bertz CT molecular complexity index is 114. The summed E-state index contributed by atoms with van der Waals surface area (Å²) in [4.78, 5) is 3.80. The monoisotopic (exact) mass is 177 g/mol. The fourth-order valence-corrected chi connectivity index (χ4v) is 0.864. The van der Waals surface area contributed by atoms with Crippen LogP contribution in [0.25, 0.3) is 0 Å². The Balaban J connectivity index is 0. The number of hydrogen-bond acceptors (Lipinski definition) is 3. The first-order valence-corrected chi connectivity index (χ1v) is 2.80. The standard InChI is InChI=1S/C3H5Cl2N3.Na.H/c4-7-1-6-2-8(5)3-7;;/h1H,2-3H2;;/q;+1;-1. The van der Waals surface area contributed by atoms with Gasteiger partial charge < -0.3 is 1.43 Å². The third kappa shape index (κ3) is 3.65. The van der Waals surface area contributed by atoms with Crippen molar-refractivity contribution in [3.8, 4) is 0 Å². The summed E-state index contributed by atoms with van der Waals surface area (Å²) in [7, 11) is 0. The summed E-state index contributed by atoms with van der Waals surface area (Å²) in [6, 6.07) is 0. The molecule has 0 spiro atoms. The second-order valence-electron chi connectivity index (χ2n) is 1.44. The van der Waals surface area contributed by atoms with Crippen molar-refractivity contribution in [3.63, 3.8) is 0 Å². The van der Waals surface area contributed by atoms with Crippen molar-refractivity contribution < 1.29 is 31.0 Å². The zero-order chi connectivity index (χ0) is 5.98. The molecule has 0 radical (unpaired) electrons. The Morgan fingerprint density at radius 3 is 2.56 bits per heavy atom. The van der Waals surface area contributed by atoms with Crippen LogP contribution < -0.4 is 29.6 Å². The summed E-state index contributed by atoms with van der Waals surface area (Å²) >= 11 is 11.0. The molecule has 0 bridgehead atoms. The average molecular weight is 178 g/mol. The maximum atomic E-state index is 5.50. The number of rotatable bonds is 0. The molecule has 6 heteroatoms. The molecule has 9 heavy (non-hydrogen) atoms. The van der Waals surface area contributed by atoms with Crippen LogP contribution in [0.4, 0.5) is 0 Å². The van der Waals surface area contributed by atoms with Crippen LogP contribution >= 0.6 is 23.6 Å². The minimum absolute atomic E-state index is 0. The van der Waals surface area contributed by atoms with Gasteiger partial charge in [-0.15, -0.1) is 0 Å². The third-order valence-corrected chi connectivity index (χ3v) is 1.14. The molecule has 3 nitrogen and oxygen atoms in total. The minimum atomic E-state index is 0. The molecule has 0 aromatic rings. The molecule has 0 saturated carbocycles. The first-order chi connectivity index (χ1) is 3.79. The number of aliphatic imine (C=N–C) groups is 1. The van der Waals surface area contributed by atoms with E-state index in [1.165, 1.54) is 8.84 Å². The van der Waals surface area contributed by atoms with Crippen LogP contribution in [0, 0.1) is 0 Å². The van der Waals surface area contributed by atoms with Crippen molar-refractivity contribution in [1.29, 1.82) is 0 Å². The van der Waals surface area contributed by atoms with E-state index in [9.17, 15) is 0 Å². The molecular weight excluding hydrogens is 172 g/mol. The van der Waals surface area contributed by atoms with Gasteiger partial charge in [0.15, 0.2) is 0 Å². The molecule has 0 aromatic carbocycles. The van der Waals surface area contributed by atoms with E-state index in [2.05, 4.69) is 4.99 Å². The fraction of sp³-hybridized carbons (Fsp3) is 0.667. The zero-order valence-corrected chi connectivity index (χ0v) is 8.60. The minimum Gasteiger partial charge on any atom is -1.00 e. The summed E-state index contributed by atoms with van der Waals surface area (Å²) in [5, 5.41) is 0. The molecule has 0 unspecified atom stereocenters. The topological polar surface area (TPSA) is 18.8 Å². The molecule has 1 aliphatic rings. The molecule has 0 fully saturated rings. The summed E-state index contributed by atoms with van der Waals surface area (Å²) in [5.41, 5.74) is 0. The van der Waals surface area contributed by atoms with Crippen molar-refractivity contribution in [1.82, 2.24) is 8.84 Å². The molecule has 0 N–H and O–H groups in total. The Labute approximate surface area is 87.6 Å². The van der Waals surface area contributed by atoms with Gasteiger partial charge in [0, 0.05) is 11.8 Å². The predicted molar refractivity (Wildman–Crippen MR) is 34.7 cm³/mol. The predicted octanol–water partition coefficient (Wildman–Crippen LogP) is -2.03. The molecule has 0 aromatic heterocycles. The molecule has 0 amide bonds. The molecule has 48 valence electrons. The van der Waals surface area contributed by atoms with Crippen molar-refractivity contribution in [2.24, 2.45) is 4.99 Å². The zero-order valence-electron chi connectivity index (χ0n) is 6.09. The number of nitrogens with zero attached hydrogens (tertiary/aromatic N) is 3. The Morgan fingerprint density at radius 2 is 2.22 bits per heavy atom. The summed E-state index contributed by atoms with van der Waals surface area (Å²) in [6.45, 7) is 1.04. The average Bonchev–Trinajstić information content (AvgIpc) is 1.64. The summed E-state index contributed by atoms with van der Waals surface area (Å²) in [5.74, 6) is 0. The van der Waals surface area contributed by atoms with E-state index >= 15 is 0 Å². The van der Waals surface area contributed by atoms with Crippen molar-refractivity contribution in [2.45, 2.75) is 0 Å². The van der Waals surface area contributed by atoms with Gasteiger partial charge in [0.2, 0.25) is 0 Å². The summed E-state index contributed by atoms with van der Waals surface area (Å²) < 4.78 is 2.86. The van der Waals surface area contributed by atoms with E-state index in [1.54, 1.807) is 6.34 Å². The number of hydrogen-bond donors (Lipinski definition) is 0. The second-order valence-corrected chi connectivity index (χ2v) is 2.36. The Hall–Kier alpha value is 1.01. The molecular formula is C3H6Cl2N3Na. The van der Waals surface area contributed by atoms with Crippen LogP contribution in [0.3, 0.4) is 0 Å². The Morgan fingerprint density at radius 1 is 1.56 bits per heavy atom. The van der Waals surface area contributed by atoms with Gasteiger partial charge in [-0.05, 0) is 11.8 Å². The molecule has 1 heterocycles. The van der Waals surface area contributed by atoms with Crippen LogP contribution in [0.1, 0.15) is 1.43 Å². The van der Waals surface area contributed by atoms with Gasteiger partial charge >= 0.3 is 29.6 Å². The second kappa shape index (κ2) is 4.77. The van der Waals surface area contributed by atoms with Crippen LogP contribution in [0.2, 0.25) is 0 Å². The van der Waals surface area contributed by atoms with Gasteiger partial charge in [-0.3, -0.25) is 9.41 Å². The molecule has 0 atom stereocenters. The van der Waals surface area contributed by atoms with Crippen LogP contribution in [0.5, 0.6) is 0 Å².